The SMILES string of the molecule is CCC(C)N1CC2CC(C1)N2C(=O)C(CC(C)C)N(C)C. The number of rotatable bonds is 6. The molecular formula is C17H33N3O. The number of piperazine rings is 1. The van der Waals surface area contributed by atoms with Crippen molar-refractivity contribution in [2.45, 2.75) is 71.1 Å². The first-order chi connectivity index (χ1) is 9.85. The van der Waals surface area contributed by atoms with Gasteiger partial charge in [-0.15, -0.1) is 0 Å². The maximum atomic E-state index is 12.9. The number of hydrogen-bond donors (Lipinski definition) is 0. The second kappa shape index (κ2) is 6.66. The van der Waals surface area contributed by atoms with Gasteiger partial charge in [0.1, 0.15) is 0 Å². The van der Waals surface area contributed by atoms with Crippen molar-refractivity contribution in [2.24, 2.45) is 5.92 Å². The first-order valence-corrected chi connectivity index (χ1v) is 8.57. The number of hydrogen-bond acceptors (Lipinski definition) is 3. The molecule has 0 spiro atoms. The third-order valence-electron chi connectivity index (χ3n) is 5.29. The molecule has 4 atom stereocenters. The lowest BCUT2D eigenvalue weighted by Gasteiger charge is -2.58. The smallest absolute Gasteiger partial charge is 0.240 e. The van der Waals surface area contributed by atoms with Crippen LogP contribution in [0, 0.1) is 5.92 Å². The van der Waals surface area contributed by atoms with E-state index in [1.54, 1.807) is 0 Å². The van der Waals surface area contributed by atoms with E-state index in [0.29, 0.717) is 30.0 Å². The molecule has 4 unspecified atom stereocenters. The van der Waals surface area contributed by atoms with Gasteiger partial charge in [0.2, 0.25) is 5.91 Å². The summed E-state index contributed by atoms with van der Waals surface area (Å²) >= 11 is 0. The number of nitrogens with zero attached hydrogens (tertiary/aromatic N) is 3. The van der Waals surface area contributed by atoms with Gasteiger partial charge < -0.3 is 4.90 Å². The Morgan fingerprint density at radius 1 is 1.19 bits per heavy atom. The van der Waals surface area contributed by atoms with Crippen LogP contribution in [0.3, 0.4) is 0 Å². The first kappa shape index (κ1) is 16.8. The molecule has 3 aliphatic heterocycles. The zero-order valence-electron chi connectivity index (χ0n) is 14.7. The summed E-state index contributed by atoms with van der Waals surface area (Å²) in [6.45, 7) is 11.1. The zero-order chi connectivity index (χ0) is 15.7. The molecule has 2 bridgehead atoms. The van der Waals surface area contributed by atoms with Gasteiger partial charge in [-0.3, -0.25) is 14.6 Å². The summed E-state index contributed by atoms with van der Waals surface area (Å²) in [5.41, 5.74) is 0. The third-order valence-corrected chi connectivity index (χ3v) is 5.29. The number of piperidine rings is 1. The fourth-order valence-electron chi connectivity index (χ4n) is 3.77. The number of amides is 1. The normalized spacial score (nSPS) is 28.7. The summed E-state index contributed by atoms with van der Waals surface area (Å²) in [5, 5.41) is 0. The average molecular weight is 295 g/mol. The summed E-state index contributed by atoms with van der Waals surface area (Å²) in [6, 6.07) is 1.61. The van der Waals surface area contributed by atoms with Crippen LogP contribution < -0.4 is 0 Å². The van der Waals surface area contributed by atoms with Gasteiger partial charge in [-0.05, 0) is 46.2 Å². The van der Waals surface area contributed by atoms with E-state index < -0.39 is 0 Å². The Morgan fingerprint density at radius 2 is 1.76 bits per heavy atom. The molecule has 0 saturated carbocycles. The van der Waals surface area contributed by atoms with E-state index in [-0.39, 0.29) is 6.04 Å². The second-order valence-corrected chi connectivity index (χ2v) is 7.61. The summed E-state index contributed by atoms with van der Waals surface area (Å²) < 4.78 is 0. The molecule has 0 radical (unpaired) electrons. The summed E-state index contributed by atoms with van der Waals surface area (Å²) in [7, 11) is 4.07. The number of carbonyl (C=O) groups is 1. The second-order valence-electron chi connectivity index (χ2n) is 7.61. The first-order valence-electron chi connectivity index (χ1n) is 8.57. The predicted molar refractivity (Wildman–Crippen MR) is 87.3 cm³/mol. The fourth-order valence-corrected chi connectivity index (χ4v) is 3.77. The molecule has 0 aromatic heterocycles. The van der Waals surface area contributed by atoms with Crippen molar-refractivity contribution >= 4 is 5.91 Å². The van der Waals surface area contributed by atoms with Crippen molar-refractivity contribution in [3.63, 3.8) is 0 Å². The van der Waals surface area contributed by atoms with Gasteiger partial charge in [0.15, 0.2) is 0 Å². The molecule has 3 saturated heterocycles. The lowest BCUT2D eigenvalue weighted by molar-refractivity contribution is -0.161. The van der Waals surface area contributed by atoms with Crippen LogP contribution in [0.25, 0.3) is 0 Å². The molecule has 4 heteroatoms. The molecule has 21 heavy (non-hydrogen) atoms. The third kappa shape index (κ3) is 3.42. The zero-order valence-corrected chi connectivity index (χ0v) is 14.7. The number of fused-ring (bicyclic) bond motifs is 2. The molecule has 122 valence electrons. The van der Waals surface area contributed by atoms with Crippen LogP contribution in [0.2, 0.25) is 0 Å². The van der Waals surface area contributed by atoms with Crippen LogP contribution >= 0.6 is 0 Å². The van der Waals surface area contributed by atoms with Crippen molar-refractivity contribution in [1.29, 1.82) is 0 Å². The van der Waals surface area contributed by atoms with Crippen LogP contribution in [0.5, 0.6) is 0 Å². The molecule has 3 rings (SSSR count). The molecule has 0 aromatic rings. The minimum Gasteiger partial charge on any atom is -0.333 e. The van der Waals surface area contributed by atoms with E-state index in [0.717, 1.165) is 19.5 Å². The molecule has 0 aromatic carbocycles. The van der Waals surface area contributed by atoms with E-state index in [1.807, 2.05) is 14.1 Å². The van der Waals surface area contributed by atoms with E-state index in [2.05, 4.69) is 42.4 Å². The highest BCUT2D eigenvalue weighted by Crippen LogP contribution is 2.35. The Morgan fingerprint density at radius 3 is 2.19 bits per heavy atom. The minimum absolute atomic E-state index is 0.0467. The molecule has 4 nitrogen and oxygen atoms in total. The van der Waals surface area contributed by atoms with Gasteiger partial charge in [0.25, 0.3) is 0 Å². The lowest BCUT2D eigenvalue weighted by Crippen LogP contribution is -2.72. The molecule has 0 aliphatic carbocycles. The van der Waals surface area contributed by atoms with Gasteiger partial charge in [-0.1, -0.05) is 20.8 Å². The summed E-state index contributed by atoms with van der Waals surface area (Å²) in [5.74, 6) is 0.915. The Balaban J connectivity index is 1.99. The van der Waals surface area contributed by atoms with Crippen LogP contribution in [-0.2, 0) is 4.79 Å². The monoisotopic (exact) mass is 295 g/mol. The van der Waals surface area contributed by atoms with Crippen molar-refractivity contribution in [3.05, 3.63) is 0 Å². The number of carbonyl (C=O) groups excluding carboxylic acids is 1. The molecule has 3 heterocycles. The van der Waals surface area contributed by atoms with E-state index in [9.17, 15) is 4.79 Å². The van der Waals surface area contributed by atoms with E-state index >= 15 is 0 Å². The Kier molecular flexibility index (Phi) is 5.31. The highest BCUT2D eigenvalue weighted by atomic mass is 16.2. The van der Waals surface area contributed by atoms with Crippen molar-refractivity contribution < 1.29 is 4.79 Å². The molecule has 3 fully saturated rings. The Hall–Kier alpha value is -0.610. The van der Waals surface area contributed by atoms with E-state index in [4.69, 9.17) is 0 Å². The molecular weight excluding hydrogens is 262 g/mol. The average Bonchev–Trinajstić information content (AvgIpc) is 2.43. The van der Waals surface area contributed by atoms with Crippen LogP contribution in [0.4, 0.5) is 0 Å². The molecule has 1 amide bonds. The van der Waals surface area contributed by atoms with Gasteiger partial charge >= 0.3 is 0 Å². The quantitative estimate of drug-likeness (QED) is 0.750. The van der Waals surface area contributed by atoms with Crippen molar-refractivity contribution in [2.75, 3.05) is 27.2 Å². The highest BCUT2D eigenvalue weighted by Gasteiger charge is 2.49. The van der Waals surface area contributed by atoms with Crippen LogP contribution in [0.1, 0.15) is 47.0 Å². The minimum atomic E-state index is 0.0467. The topological polar surface area (TPSA) is 26.8 Å². The molecule has 3 aliphatic rings. The van der Waals surface area contributed by atoms with Gasteiger partial charge in [-0.2, -0.15) is 0 Å². The Labute approximate surface area is 130 Å². The van der Waals surface area contributed by atoms with Crippen molar-refractivity contribution in [3.8, 4) is 0 Å². The summed E-state index contributed by atoms with van der Waals surface area (Å²) in [4.78, 5) is 19.8. The Bertz CT molecular complexity index is 357. The van der Waals surface area contributed by atoms with Gasteiger partial charge in [0.05, 0.1) is 6.04 Å². The maximum Gasteiger partial charge on any atom is 0.240 e. The number of likely N-dealkylation sites (N-methyl/N-ethyl adjacent to an activating group) is 1. The largest absolute Gasteiger partial charge is 0.333 e. The van der Waals surface area contributed by atoms with Crippen LogP contribution in [0.15, 0.2) is 0 Å². The highest BCUT2D eigenvalue weighted by molar-refractivity contribution is 5.83. The molecule has 0 N–H and O–H groups in total. The maximum absolute atomic E-state index is 12.9. The predicted octanol–water partition coefficient (Wildman–Crippen LogP) is 2.05. The van der Waals surface area contributed by atoms with Crippen molar-refractivity contribution in [1.82, 2.24) is 14.7 Å². The van der Waals surface area contributed by atoms with Gasteiger partial charge in [0, 0.05) is 31.2 Å². The fraction of sp³-hybridized carbons (Fsp3) is 0.941. The van der Waals surface area contributed by atoms with Crippen LogP contribution in [-0.4, -0.2) is 72.0 Å². The standard InChI is InChI=1S/C17H33N3O/c1-7-13(4)19-10-14-9-15(11-19)20(14)17(21)16(18(5)6)8-12(2)3/h12-16H,7-11H2,1-6H3. The summed E-state index contributed by atoms with van der Waals surface area (Å²) in [6.07, 6.45) is 3.36. The van der Waals surface area contributed by atoms with E-state index in [1.165, 1.54) is 12.8 Å². The van der Waals surface area contributed by atoms with Gasteiger partial charge in [-0.25, -0.2) is 0 Å². The lowest BCUT2D eigenvalue weighted by atomic mass is 9.85.